The normalized spacial score (nSPS) is 16.2. The maximum atomic E-state index is 12.6. The van der Waals surface area contributed by atoms with Crippen LogP contribution in [0.3, 0.4) is 0 Å². The molecule has 0 aliphatic carbocycles. The fourth-order valence-electron chi connectivity index (χ4n) is 2.69. The lowest BCUT2D eigenvalue weighted by molar-refractivity contribution is 0.0208. The van der Waals surface area contributed by atoms with Crippen LogP contribution in [0, 0.1) is 0 Å². The van der Waals surface area contributed by atoms with E-state index < -0.39 is 30.6 Å². The molecule has 2 N–H and O–H groups in total. The van der Waals surface area contributed by atoms with Crippen LogP contribution in [0.25, 0.3) is 0 Å². The van der Waals surface area contributed by atoms with E-state index in [1.54, 1.807) is 24.3 Å². The molecule has 0 unspecified atom stereocenters. The van der Waals surface area contributed by atoms with E-state index in [4.69, 9.17) is 0 Å². The predicted octanol–water partition coefficient (Wildman–Crippen LogP) is 1.80. The second kappa shape index (κ2) is 7.17. The molecule has 0 saturated heterocycles. The summed E-state index contributed by atoms with van der Waals surface area (Å²) in [5, 5.41) is 19.5. The number of carbonyl (C=O) groups excluding carboxylic acids is 2. The van der Waals surface area contributed by atoms with Crippen LogP contribution in [0.5, 0.6) is 0 Å². The summed E-state index contributed by atoms with van der Waals surface area (Å²) in [7, 11) is 0. The number of rotatable bonds is 6. The molecule has 124 valence electrons. The lowest BCUT2D eigenvalue weighted by Crippen LogP contribution is -2.49. The molecule has 0 radical (unpaired) electrons. The van der Waals surface area contributed by atoms with Gasteiger partial charge >= 0.3 is 0 Å². The Hall–Kier alpha value is -2.15. The molecule has 3 rings (SSSR count). The standard InChI is InChI=1S/C18H17NO4S/c20-10-16(21)15(11-24-12-6-2-1-3-7-12)19-17(22)13-8-4-5-9-14(13)18(19)23/h1-9,15-16,20-21H,10-11H2/t15-,16+/m0/s1. The molecule has 1 heterocycles. The van der Waals surface area contributed by atoms with Crippen LogP contribution in [0.1, 0.15) is 20.7 Å². The lowest BCUT2D eigenvalue weighted by Gasteiger charge is -2.29. The lowest BCUT2D eigenvalue weighted by atomic mass is 10.1. The summed E-state index contributed by atoms with van der Waals surface area (Å²) in [6.07, 6.45) is -1.19. The summed E-state index contributed by atoms with van der Waals surface area (Å²) in [6, 6.07) is 15.3. The van der Waals surface area contributed by atoms with Crippen molar-refractivity contribution in [2.24, 2.45) is 0 Å². The Labute approximate surface area is 143 Å². The van der Waals surface area contributed by atoms with Crippen LogP contribution in [0.4, 0.5) is 0 Å². The van der Waals surface area contributed by atoms with E-state index in [0.717, 1.165) is 9.80 Å². The SMILES string of the molecule is O=C1c2ccccc2C(=O)N1[C@@H](CSc1ccccc1)[C@H](O)CO. The summed E-state index contributed by atoms with van der Waals surface area (Å²) in [5.41, 5.74) is 0.671. The molecule has 0 saturated carbocycles. The van der Waals surface area contributed by atoms with Crippen molar-refractivity contribution in [1.82, 2.24) is 4.90 Å². The molecule has 1 aliphatic heterocycles. The van der Waals surface area contributed by atoms with Gasteiger partial charge in [0, 0.05) is 10.6 Å². The van der Waals surface area contributed by atoms with Gasteiger partial charge < -0.3 is 10.2 Å². The third kappa shape index (κ3) is 3.08. The number of aliphatic hydroxyl groups is 2. The van der Waals surface area contributed by atoms with Crippen molar-refractivity contribution in [3.05, 3.63) is 65.7 Å². The van der Waals surface area contributed by atoms with E-state index in [9.17, 15) is 19.8 Å². The van der Waals surface area contributed by atoms with Gasteiger partial charge in [-0.1, -0.05) is 30.3 Å². The molecule has 1 aliphatic rings. The molecule has 2 aromatic carbocycles. The number of imide groups is 1. The zero-order valence-corrected chi connectivity index (χ0v) is 13.6. The Morgan fingerprint density at radius 2 is 1.46 bits per heavy atom. The summed E-state index contributed by atoms with van der Waals surface area (Å²) < 4.78 is 0. The van der Waals surface area contributed by atoms with Gasteiger partial charge in [-0.2, -0.15) is 0 Å². The number of hydrogen-bond donors (Lipinski definition) is 2. The van der Waals surface area contributed by atoms with E-state index in [0.29, 0.717) is 16.9 Å². The van der Waals surface area contributed by atoms with E-state index in [1.165, 1.54) is 11.8 Å². The van der Waals surface area contributed by atoms with E-state index in [2.05, 4.69) is 0 Å². The second-order valence-corrected chi connectivity index (χ2v) is 6.56. The number of fused-ring (bicyclic) bond motifs is 1. The summed E-state index contributed by atoms with van der Waals surface area (Å²) >= 11 is 1.42. The molecule has 6 heteroatoms. The molecule has 2 amide bonds. The maximum Gasteiger partial charge on any atom is 0.261 e. The molecule has 0 bridgehead atoms. The van der Waals surface area contributed by atoms with Crippen molar-refractivity contribution in [2.45, 2.75) is 17.0 Å². The smallest absolute Gasteiger partial charge is 0.261 e. The molecule has 0 aromatic heterocycles. The van der Waals surface area contributed by atoms with Gasteiger partial charge in [0.2, 0.25) is 0 Å². The minimum absolute atomic E-state index is 0.303. The van der Waals surface area contributed by atoms with Gasteiger partial charge in [0.05, 0.1) is 29.9 Å². The summed E-state index contributed by atoms with van der Waals surface area (Å²) in [6.45, 7) is -0.520. The molecule has 0 spiro atoms. The third-order valence-corrected chi connectivity index (χ3v) is 5.07. The number of carbonyl (C=O) groups is 2. The van der Waals surface area contributed by atoms with Crippen molar-refractivity contribution in [1.29, 1.82) is 0 Å². The van der Waals surface area contributed by atoms with Crippen LogP contribution in [0.15, 0.2) is 59.5 Å². The second-order valence-electron chi connectivity index (χ2n) is 5.47. The van der Waals surface area contributed by atoms with Crippen LogP contribution in [-0.2, 0) is 0 Å². The van der Waals surface area contributed by atoms with Gasteiger partial charge in [0.15, 0.2) is 0 Å². The molecule has 24 heavy (non-hydrogen) atoms. The molecule has 2 atom stereocenters. The van der Waals surface area contributed by atoms with E-state index >= 15 is 0 Å². The minimum atomic E-state index is -1.19. The highest BCUT2D eigenvalue weighted by molar-refractivity contribution is 7.99. The number of thioether (sulfide) groups is 1. The number of aliphatic hydroxyl groups excluding tert-OH is 2. The van der Waals surface area contributed by atoms with Crippen molar-refractivity contribution in [3.8, 4) is 0 Å². The van der Waals surface area contributed by atoms with Gasteiger partial charge in [-0.05, 0) is 24.3 Å². The average molecular weight is 343 g/mol. The van der Waals surface area contributed by atoms with Crippen LogP contribution >= 0.6 is 11.8 Å². The number of benzene rings is 2. The highest BCUT2D eigenvalue weighted by Gasteiger charge is 2.42. The Balaban J connectivity index is 1.84. The molecule has 5 nitrogen and oxygen atoms in total. The molecule has 0 fully saturated rings. The molecule has 2 aromatic rings. The van der Waals surface area contributed by atoms with Crippen LogP contribution in [0.2, 0.25) is 0 Å². The van der Waals surface area contributed by atoms with Gasteiger partial charge in [-0.15, -0.1) is 11.8 Å². The quantitative estimate of drug-likeness (QED) is 0.618. The Morgan fingerprint density at radius 1 is 0.917 bits per heavy atom. The zero-order valence-electron chi connectivity index (χ0n) is 12.8. The number of hydrogen-bond acceptors (Lipinski definition) is 5. The van der Waals surface area contributed by atoms with E-state index in [-0.39, 0.29) is 0 Å². The fourth-order valence-corrected chi connectivity index (χ4v) is 3.77. The first-order valence-electron chi connectivity index (χ1n) is 7.57. The third-order valence-electron chi connectivity index (χ3n) is 3.95. The average Bonchev–Trinajstić information content (AvgIpc) is 2.88. The van der Waals surface area contributed by atoms with Crippen LogP contribution in [-0.4, -0.2) is 51.4 Å². The van der Waals surface area contributed by atoms with Gasteiger partial charge in [-0.3, -0.25) is 14.5 Å². The van der Waals surface area contributed by atoms with Crippen LogP contribution < -0.4 is 0 Å². The monoisotopic (exact) mass is 343 g/mol. The Morgan fingerprint density at radius 3 is 2.00 bits per heavy atom. The highest BCUT2D eigenvalue weighted by atomic mass is 32.2. The highest BCUT2D eigenvalue weighted by Crippen LogP contribution is 2.29. The van der Waals surface area contributed by atoms with E-state index in [1.807, 2.05) is 30.3 Å². The topological polar surface area (TPSA) is 77.8 Å². The Kier molecular flexibility index (Phi) is 4.99. The predicted molar refractivity (Wildman–Crippen MR) is 91.0 cm³/mol. The molecular weight excluding hydrogens is 326 g/mol. The van der Waals surface area contributed by atoms with Crippen molar-refractivity contribution < 1.29 is 19.8 Å². The minimum Gasteiger partial charge on any atom is -0.394 e. The molecular formula is C18H17NO4S. The first-order valence-corrected chi connectivity index (χ1v) is 8.55. The summed E-state index contributed by atoms with van der Waals surface area (Å²) in [5.74, 6) is -0.555. The largest absolute Gasteiger partial charge is 0.394 e. The number of amides is 2. The number of nitrogens with zero attached hydrogens (tertiary/aromatic N) is 1. The first kappa shape index (κ1) is 16.7. The Bertz CT molecular complexity index is 715. The zero-order chi connectivity index (χ0) is 17.1. The van der Waals surface area contributed by atoms with Crippen molar-refractivity contribution >= 4 is 23.6 Å². The fraction of sp³-hybridized carbons (Fsp3) is 0.222. The maximum absolute atomic E-state index is 12.6. The summed E-state index contributed by atoms with van der Waals surface area (Å²) in [4.78, 5) is 27.2. The van der Waals surface area contributed by atoms with Crippen molar-refractivity contribution in [3.63, 3.8) is 0 Å². The van der Waals surface area contributed by atoms with Gasteiger partial charge in [0.25, 0.3) is 11.8 Å². The first-order chi connectivity index (χ1) is 11.6. The van der Waals surface area contributed by atoms with Crippen molar-refractivity contribution in [2.75, 3.05) is 12.4 Å². The van der Waals surface area contributed by atoms with Gasteiger partial charge in [0.1, 0.15) is 0 Å². The van der Waals surface area contributed by atoms with Gasteiger partial charge in [-0.25, -0.2) is 0 Å².